The molecule has 234 valence electrons. The molecule has 1 rings (SSSR count). The SMILES string of the molecule is CCCCCCCCCCCCCCNN1CCN(N(CCCCCCCC)CCCCCCCCC)CC1. The van der Waals surface area contributed by atoms with E-state index in [1.54, 1.807) is 0 Å². The molecule has 1 aliphatic rings. The molecular formula is C35H74N4. The summed E-state index contributed by atoms with van der Waals surface area (Å²) in [5.41, 5.74) is 3.75. The number of hydrazine groups is 2. The lowest BCUT2D eigenvalue weighted by Gasteiger charge is -2.41. The highest BCUT2D eigenvalue weighted by Crippen LogP contribution is 2.14. The standard InChI is InChI=1S/C35H74N4/c1-4-7-10-13-16-17-18-19-20-21-23-26-29-36-37-32-34-39(35-33-37)38(30-27-24-15-12-9-6-3)31-28-25-22-14-11-8-5-2/h36H,4-35H2,1-3H3. The van der Waals surface area contributed by atoms with E-state index >= 15 is 0 Å². The zero-order chi connectivity index (χ0) is 28.1. The van der Waals surface area contributed by atoms with Gasteiger partial charge in [0.15, 0.2) is 0 Å². The minimum absolute atomic E-state index is 1.16. The largest absolute Gasteiger partial charge is 0.255 e. The Morgan fingerprint density at radius 2 is 0.744 bits per heavy atom. The molecule has 1 fully saturated rings. The molecule has 4 heteroatoms. The third-order valence-corrected chi connectivity index (χ3v) is 8.81. The quantitative estimate of drug-likeness (QED) is 0.0898. The molecule has 0 aromatic rings. The molecule has 0 amide bonds. The smallest absolute Gasteiger partial charge is 0.0275 e. The highest BCUT2D eigenvalue weighted by atomic mass is 15.7. The summed E-state index contributed by atoms with van der Waals surface area (Å²) >= 11 is 0. The van der Waals surface area contributed by atoms with E-state index in [0.29, 0.717) is 0 Å². The van der Waals surface area contributed by atoms with E-state index in [1.165, 1.54) is 200 Å². The summed E-state index contributed by atoms with van der Waals surface area (Å²) in [4.78, 5) is 0. The van der Waals surface area contributed by atoms with E-state index in [2.05, 4.69) is 41.2 Å². The van der Waals surface area contributed by atoms with Crippen molar-refractivity contribution in [3.8, 4) is 0 Å². The molecule has 4 nitrogen and oxygen atoms in total. The van der Waals surface area contributed by atoms with Gasteiger partial charge in [0.1, 0.15) is 0 Å². The van der Waals surface area contributed by atoms with Gasteiger partial charge in [-0.1, -0.05) is 162 Å². The molecule has 0 saturated carbocycles. The van der Waals surface area contributed by atoms with Crippen molar-refractivity contribution in [3.63, 3.8) is 0 Å². The Morgan fingerprint density at radius 1 is 0.410 bits per heavy atom. The van der Waals surface area contributed by atoms with Gasteiger partial charge in [0, 0.05) is 45.8 Å². The number of nitrogens with zero attached hydrogens (tertiary/aromatic N) is 3. The topological polar surface area (TPSA) is 21.8 Å². The molecule has 0 atom stereocenters. The van der Waals surface area contributed by atoms with Crippen LogP contribution < -0.4 is 5.43 Å². The third-order valence-electron chi connectivity index (χ3n) is 8.81. The van der Waals surface area contributed by atoms with Crippen molar-refractivity contribution in [1.82, 2.24) is 20.5 Å². The van der Waals surface area contributed by atoms with Crippen molar-refractivity contribution in [2.75, 3.05) is 45.8 Å². The number of rotatable bonds is 30. The average Bonchev–Trinajstić information content (AvgIpc) is 2.96. The molecule has 0 radical (unpaired) electrons. The molecule has 0 aromatic carbocycles. The minimum Gasteiger partial charge on any atom is -0.255 e. The summed E-state index contributed by atoms with van der Waals surface area (Å²) in [6.45, 7) is 15.4. The predicted octanol–water partition coefficient (Wildman–Crippen LogP) is 10.1. The molecule has 1 N–H and O–H groups in total. The van der Waals surface area contributed by atoms with Gasteiger partial charge < -0.3 is 0 Å². The van der Waals surface area contributed by atoms with Crippen LogP contribution in [0.2, 0.25) is 0 Å². The highest BCUT2D eigenvalue weighted by Gasteiger charge is 2.21. The summed E-state index contributed by atoms with van der Waals surface area (Å²) in [5, 5.41) is 7.95. The maximum atomic E-state index is 3.75. The Morgan fingerprint density at radius 3 is 1.13 bits per heavy atom. The summed E-state index contributed by atoms with van der Waals surface area (Å²) in [5.74, 6) is 0. The molecule has 0 aromatic heterocycles. The first-order valence-corrected chi connectivity index (χ1v) is 18.3. The van der Waals surface area contributed by atoms with Crippen LogP contribution in [0.3, 0.4) is 0 Å². The van der Waals surface area contributed by atoms with Crippen LogP contribution in [0.5, 0.6) is 0 Å². The van der Waals surface area contributed by atoms with Gasteiger partial charge in [0.2, 0.25) is 0 Å². The maximum Gasteiger partial charge on any atom is 0.0275 e. The van der Waals surface area contributed by atoms with Gasteiger partial charge in [0.05, 0.1) is 0 Å². The molecule has 1 aliphatic heterocycles. The predicted molar refractivity (Wildman–Crippen MR) is 175 cm³/mol. The number of unbranched alkanes of at least 4 members (excludes halogenated alkanes) is 22. The van der Waals surface area contributed by atoms with Crippen molar-refractivity contribution >= 4 is 0 Å². The molecule has 1 heterocycles. The molecule has 0 bridgehead atoms. The van der Waals surface area contributed by atoms with Gasteiger partial charge in [-0.2, -0.15) is 0 Å². The van der Waals surface area contributed by atoms with E-state index < -0.39 is 0 Å². The molecule has 39 heavy (non-hydrogen) atoms. The summed E-state index contributed by atoms with van der Waals surface area (Å²) in [6.07, 6.45) is 35.4. The van der Waals surface area contributed by atoms with Crippen molar-refractivity contribution in [3.05, 3.63) is 0 Å². The fourth-order valence-electron chi connectivity index (χ4n) is 6.06. The van der Waals surface area contributed by atoms with E-state index in [4.69, 9.17) is 0 Å². The van der Waals surface area contributed by atoms with Crippen LogP contribution in [0.25, 0.3) is 0 Å². The molecular weight excluding hydrogens is 476 g/mol. The Kier molecular flexibility index (Phi) is 27.7. The van der Waals surface area contributed by atoms with Gasteiger partial charge in [-0.05, 0) is 19.3 Å². The second-order valence-corrected chi connectivity index (χ2v) is 12.6. The van der Waals surface area contributed by atoms with E-state index in [0.717, 1.165) is 6.54 Å². The normalized spacial score (nSPS) is 15.1. The first-order valence-electron chi connectivity index (χ1n) is 18.3. The van der Waals surface area contributed by atoms with E-state index in [1.807, 2.05) is 0 Å². The Balaban J connectivity index is 2.12. The monoisotopic (exact) mass is 551 g/mol. The fourth-order valence-corrected chi connectivity index (χ4v) is 6.06. The van der Waals surface area contributed by atoms with Gasteiger partial charge in [-0.25, -0.2) is 15.0 Å². The number of hydrogen-bond donors (Lipinski definition) is 1. The molecule has 0 aliphatic carbocycles. The van der Waals surface area contributed by atoms with Gasteiger partial charge >= 0.3 is 0 Å². The zero-order valence-corrected chi connectivity index (χ0v) is 27.5. The Labute approximate surface area is 247 Å². The van der Waals surface area contributed by atoms with Crippen molar-refractivity contribution < 1.29 is 0 Å². The molecule has 0 spiro atoms. The van der Waals surface area contributed by atoms with Crippen LogP contribution in [0.15, 0.2) is 0 Å². The summed E-state index contributed by atoms with van der Waals surface area (Å²) in [6, 6.07) is 0. The maximum absolute atomic E-state index is 3.75. The zero-order valence-electron chi connectivity index (χ0n) is 27.5. The molecule has 0 unspecified atom stereocenters. The van der Waals surface area contributed by atoms with E-state index in [9.17, 15) is 0 Å². The van der Waals surface area contributed by atoms with Crippen LogP contribution in [0.4, 0.5) is 0 Å². The lowest BCUT2D eigenvalue weighted by molar-refractivity contribution is -0.0682. The summed E-state index contributed by atoms with van der Waals surface area (Å²) in [7, 11) is 0. The second kappa shape index (κ2) is 29.3. The van der Waals surface area contributed by atoms with Crippen molar-refractivity contribution in [1.29, 1.82) is 0 Å². The average molecular weight is 551 g/mol. The van der Waals surface area contributed by atoms with Gasteiger partial charge in [-0.15, -0.1) is 0 Å². The van der Waals surface area contributed by atoms with Crippen LogP contribution in [-0.4, -0.2) is 60.8 Å². The van der Waals surface area contributed by atoms with Gasteiger partial charge in [-0.3, -0.25) is 5.43 Å². The number of nitrogens with one attached hydrogen (secondary N) is 1. The Hall–Kier alpha value is -0.160. The minimum atomic E-state index is 1.16. The second-order valence-electron chi connectivity index (χ2n) is 12.6. The lowest BCUT2D eigenvalue weighted by atomic mass is 10.1. The van der Waals surface area contributed by atoms with Crippen LogP contribution in [0.1, 0.15) is 181 Å². The lowest BCUT2D eigenvalue weighted by Crippen LogP contribution is -2.57. The number of piperazine rings is 1. The fraction of sp³-hybridized carbons (Fsp3) is 1.00. The summed E-state index contributed by atoms with van der Waals surface area (Å²) < 4.78 is 0. The van der Waals surface area contributed by atoms with Crippen LogP contribution in [-0.2, 0) is 0 Å². The molecule has 1 saturated heterocycles. The van der Waals surface area contributed by atoms with Crippen molar-refractivity contribution in [2.24, 2.45) is 0 Å². The first-order chi connectivity index (χ1) is 19.3. The van der Waals surface area contributed by atoms with Crippen LogP contribution >= 0.6 is 0 Å². The van der Waals surface area contributed by atoms with Gasteiger partial charge in [0.25, 0.3) is 0 Å². The highest BCUT2D eigenvalue weighted by molar-refractivity contribution is 4.70. The van der Waals surface area contributed by atoms with E-state index in [-0.39, 0.29) is 0 Å². The number of hydrogen-bond acceptors (Lipinski definition) is 4. The van der Waals surface area contributed by atoms with Crippen LogP contribution in [0, 0.1) is 0 Å². The van der Waals surface area contributed by atoms with Crippen molar-refractivity contribution in [2.45, 2.75) is 181 Å². The Bertz CT molecular complexity index is 464. The first kappa shape index (κ1) is 36.9. The third kappa shape index (κ3) is 23.1.